The molecule has 0 bridgehead atoms. The second-order valence-electron chi connectivity index (χ2n) is 4.99. The molecule has 0 aromatic carbocycles. The van der Waals surface area contributed by atoms with Gasteiger partial charge < -0.3 is 4.57 Å². The Morgan fingerprint density at radius 2 is 2.00 bits per heavy atom. The highest BCUT2D eigenvalue weighted by Gasteiger charge is 2.15. The predicted octanol–water partition coefficient (Wildman–Crippen LogP) is 1.87. The van der Waals surface area contributed by atoms with Gasteiger partial charge in [-0.25, -0.2) is 9.78 Å². The van der Waals surface area contributed by atoms with Crippen LogP contribution in [0.3, 0.4) is 0 Å². The third-order valence-corrected chi connectivity index (χ3v) is 3.49. The molecule has 0 saturated heterocycles. The second-order valence-corrected chi connectivity index (χ2v) is 4.99. The average molecular weight is 273 g/mol. The molecule has 0 aliphatic carbocycles. The van der Waals surface area contributed by atoms with E-state index in [0.29, 0.717) is 5.56 Å². The summed E-state index contributed by atoms with van der Waals surface area (Å²) in [5.41, 5.74) is 3.15. The first-order chi connectivity index (χ1) is 9.43. The summed E-state index contributed by atoms with van der Waals surface area (Å²) >= 11 is 0. The molecule has 0 aliphatic heterocycles. The summed E-state index contributed by atoms with van der Waals surface area (Å²) in [6, 6.07) is 1.88. The summed E-state index contributed by atoms with van der Waals surface area (Å²) in [6.45, 7) is 8.66. The summed E-state index contributed by atoms with van der Waals surface area (Å²) in [5, 5.41) is 0. The van der Waals surface area contributed by atoms with Crippen LogP contribution in [0.2, 0.25) is 0 Å². The SMILES string of the molecule is CCn1c(C)cc(C(=O)Cn2cc(C)cnc2=O)c1C. The molecule has 20 heavy (non-hydrogen) atoms. The quantitative estimate of drug-likeness (QED) is 0.799. The number of rotatable bonds is 4. The molecule has 5 nitrogen and oxygen atoms in total. The zero-order chi connectivity index (χ0) is 14.9. The topological polar surface area (TPSA) is 56.9 Å². The summed E-state index contributed by atoms with van der Waals surface area (Å²) in [7, 11) is 0. The molecule has 0 unspecified atom stereocenters. The van der Waals surface area contributed by atoms with Crippen molar-refractivity contribution in [3.63, 3.8) is 0 Å². The summed E-state index contributed by atoms with van der Waals surface area (Å²) in [6.07, 6.45) is 3.17. The van der Waals surface area contributed by atoms with Crippen LogP contribution in [0.4, 0.5) is 0 Å². The fourth-order valence-corrected chi connectivity index (χ4v) is 2.49. The van der Waals surface area contributed by atoms with Crippen molar-refractivity contribution < 1.29 is 4.79 Å². The number of Topliss-reactive ketones (excluding diaryl/α,β-unsaturated/α-hetero) is 1. The normalized spacial score (nSPS) is 10.8. The van der Waals surface area contributed by atoms with E-state index in [0.717, 1.165) is 23.5 Å². The largest absolute Gasteiger partial charge is 0.349 e. The van der Waals surface area contributed by atoms with Crippen molar-refractivity contribution in [2.24, 2.45) is 0 Å². The minimum Gasteiger partial charge on any atom is -0.349 e. The molecule has 0 atom stereocenters. The maximum absolute atomic E-state index is 12.4. The highest BCUT2D eigenvalue weighted by atomic mass is 16.2. The van der Waals surface area contributed by atoms with E-state index < -0.39 is 5.69 Å². The lowest BCUT2D eigenvalue weighted by Crippen LogP contribution is -2.26. The maximum atomic E-state index is 12.4. The molecule has 0 radical (unpaired) electrons. The Morgan fingerprint density at radius 3 is 2.60 bits per heavy atom. The van der Waals surface area contributed by atoms with Crippen LogP contribution in [0.25, 0.3) is 0 Å². The van der Waals surface area contributed by atoms with Crippen LogP contribution in [0.15, 0.2) is 23.3 Å². The summed E-state index contributed by atoms with van der Waals surface area (Å²) in [5.74, 6) is -0.0627. The molecule has 0 fully saturated rings. The van der Waals surface area contributed by atoms with Gasteiger partial charge in [0.1, 0.15) is 0 Å². The minimum atomic E-state index is -0.395. The van der Waals surface area contributed by atoms with Crippen molar-refractivity contribution in [2.45, 2.75) is 40.8 Å². The van der Waals surface area contributed by atoms with Gasteiger partial charge in [-0.2, -0.15) is 0 Å². The fourth-order valence-electron chi connectivity index (χ4n) is 2.49. The highest BCUT2D eigenvalue weighted by molar-refractivity contribution is 5.97. The molecular formula is C15H19N3O2. The van der Waals surface area contributed by atoms with E-state index in [9.17, 15) is 9.59 Å². The number of carbonyl (C=O) groups excluding carboxylic acids is 1. The van der Waals surface area contributed by atoms with Crippen LogP contribution < -0.4 is 5.69 Å². The van der Waals surface area contributed by atoms with Crippen LogP contribution in [-0.4, -0.2) is 19.9 Å². The van der Waals surface area contributed by atoms with Crippen LogP contribution in [-0.2, 0) is 13.1 Å². The lowest BCUT2D eigenvalue weighted by Gasteiger charge is -2.07. The first-order valence-electron chi connectivity index (χ1n) is 6.67. The van der Waals surface area contributed by atoms with Crippen molar-refractivity contribution in [3.8, 4) is 0 Å². The number of carbonyl (C=O) groups is 1. The molecule has 0 spiro atoms. The Kier molecular flexibility index (Phi) is 3.88. The van der Waals surface area contributed by atoms with E-state index >= 15 is 0 Å². The Bertz CT molecular complexity index is 710. The van der Waals surface area contributed by atoms with Gasteiger partial charge in [0.2, 0.25) is 0 Å². The maximum Gasteiger partial charge on any atom is 0.347 e. The molecule has 0 aliphatic rings. The predicted molar refractivity (Wildman–Crippen MR) is 77.1 cm³/mol. The molecule has 2 aromatic heterocycles. The number of aromatic nitrogens is 3. The van der Waals surface area contributed by atoms with Crippen molar-refractivity contribution in [1.82, 2.24) is 14.1 Å². The van der Waals surface area contributed by atoms with E-state index in [1.54, 1.807) is 6.20 Å². The number of ketones is 1. The molecule has 0 saturated carbocycles. The second kappa shape index (κ2) is 5.45. The number of hydrogen-bond acceptors (Lipinski definition) is 3. The Balaban J connectivity index is 2.33. The van der Waals surface area contributed by atoms with Gasteiger partial charge in [0.15, 0.2) is 5.78 Å². The van der Waals surface area contributed by atoms with Gasteiger partial charge in [0.05, 0.1) is 6.54 Å². The first kappa shape index (κ1) is 14.2. The smallest absolute Gasteiger partial charge is 0.347 e. The molecule has 0 amide bonds. The van der Waals surface area contributed by atoms with Crippen molar-refractivity contribution in [2.75, 3.05) is 0 Å². The fraction of sp³-hybridized carbons (Fsp3) is 0.400. The monoisotopic (exact) mass is 273 g/mol. The van der Waals surface area contributed by atoms with Gasteiger partial charge in [-0.05, 0) is 39.3 Å². The van der Waals surface area contributed by atoms with Crippen LogP contribution in [0.5, 0.6) is 0 Å². The lowest BCUT2D eigenvalue weighted by atomic mass is 10.1. The third kappa shape index (κ3) is 2.57. The van der Waals surface area contributed by atoms with Crippen LogP contribution in [0, 0.1) is 20.8 Å². The number of aryl methyl sites for hydroxylation is 2. The Labute approximate surface area is 117 Å². The Hall–Kier alpha value is -2.17. The van der Waals surface area contributed by atoms with Crippen LogP contribution in [0.1, 0.15) is 34.2 Å². The number of hydrogen-bond donors (Lipinski definition) is 0. The van der Waals surface area contributed by atoms with Crippen molar-refractivity contribution >= 4 is 5.78 Å². The zero-order valence-corrected chi connectivity index (χ0v) is 12.3. The van der Waals surface area contributed by atoms with Crippen LogP contribution >= 0.6 is 0 Å². The van der Waals surface area contributed by atoms with Crippen molar-refractivity contribution in [3.05, 3.63) is 51.5 Å². The summed E-state index contributed by atoms with van der Waals surface area (Å²) in [4.78, 5) is 27.8. The first-order valence-corrected chi connectivity index (χ1v) is 6.67. The number of nitrogens with zero attached hydrogens (tertiary/aromatic N) is 3. The third-order valence-electron chi connectivity index (χ3n) is 3.49. The van der Waals surface area contributed by atoms with Gasteiger partial charge in [-0.1, -0.05) is 0 Å². The van der Waals surface area contributed by atoms with Crippen molar-refractivity contribution in [1.29, 1.82) is 0 Å². The molecule has 0 N–H and O–H groups in total. The van der Waals surface area contributed by atoms with E-state index in [1.165, 1.54) is 10.8 Å². The molecular weight excluding hydrogens is 254 g/mol. The van der Waals surface area contributed by atoms with E-state index in [1.807, 2.05) is 33.8 Å². The summed E-state index contributed by atoms with van der Waals surface area (Å²) < 4.78 is 3.44. The zero-order valence-electron chi connectivity index (χ0n) is 12.3. The van der Waals surface area contributed by atoms with Gasteiger partial charge >= 0.3 is 5.69 Å². The van der Waals surface area contributed by atoms with Gasteiger partial charge in [-0.3, -0.25) is 9.36 Å². The van der Waals surface area contributed by atoms with E-state index in [-0.39, 0.29) is 12.3 Å². The average Bonchev–Trinajstić information content (AvgIpc) is 2.69. The minimum absolute atomic E-state index is 0.0293. The standard InChI is InChI=1S/C15H19N3O2/c1-5-18-11(3)6-13(12(18)4)14(19)9-17-8-10(2)7-16-15(17)20/h6-8H,5,9H2,1-4H3. The van der Waals surface area contributed by atoms with Gasteiger partial charge in [0.25, 0.3) is 0 Å². The molecule has 106 valence electrons. The van der Waals surface area contributed by atoms with Gasteiger partial charge in [-0.15, -0.1) is 0 Å². The Morgan fingerprint density at radius 1 is 1.30 bits per heavy atom. The molecule has 2 aromatic rings. The van der Waals surface area contributed by atoms with Gasteiger partial charge in [0, 0.05) is 35.9 Å². The van der Waals surface area contributed by atoms with E-state index in [4.69, 9.17) is 0 Å². The molecule has 2 heterocycles. The molecule has 2 rings (SSSR count). The molecule has 5 heteroatoms. The van der Waals surface area contributed by atoms with E-state index in [2.05, 4.69) is 9.55 Å². The highest BCUT2D eigenvalue weighted by Crippen LogP contribution is 2.16. The lowest BCUT2D eigenvalue weighted by molar-refractivity contribution is 0.0969.